The summed E-state index contributed by atoms with van der Waals surface area (Å²) in [6, 6.07) is 5.44. The second-order valence-electron chi connectivity index (χ2n) is 3.49. The molecular weight excluding hydrogens is 210 g/mol. The topological polar surface area (TPSA) is 106 Å². The Bertz CT molecular complexity index is 385. The minimum Gasteiger partial charge on any atom is -0.550 e. The Kier molecular flexibility index (Phi) is 4.02. The van der Waals surface area contributed by atoms with Crippen LogP contribution in [0.1, 0.15) is 11.1 Å². The van der Waals surface area contributed by atoms with E-state index in [0.29, 0.717) is 5.56 Å². The summed E-state index contributed by atoms with van der Waals surface area (Å²) in [6.07, 6.45) is 0.000748. The standard InChI is InChI=1S/C11H13NO4/c12-9(11(15)16)5-7-1-3-8(4-2-7)6-10(13)14/h1-4,9H,5-6,12H2,(H,13,14)(H,15,16)/p-2/t9-/m0/s1. The first-order chi connectivity index (χ1) is 7.49. The molecule has 0 aliphatic heterocycles. The number of rotatable bonds is 5. The van der Waals surface area contributed by atoms with Crippen molar-refractivity contribution in [3.8, 4) is 0 Å². The summed E-state index contributed by atoms with van der Waals surface area (Å²) < 4.78 is 0. The van der Waals surface area contributed by atoms with Crippen molar-refractivity contribution in [1.29, 1.82) is 0 Å². The Morgan fingerprint density at radius 3 is 2.06 bits per heavy atom. The number of nitrogens with two attached hydrogens (primary N) is 1. The van der Waals surface area contributed by atoms with Gasteiger partial charge in [-0.25, -0.2) is 0 Å². The summed E-state index contributed by atoms with van der Waals surface area (Å²) in [7, 11) is 0. The summed E-state index contributed by atoms with van der Waals surface area (Å²) in [6.45, 7) is 0. The minimum atomic E-state index is -1.31. The van der Waals surface area contributed by atoms with Crippen molar-refractivity contribution in [1.82, 2.24) is 0 Å². The van der Waals surface area contributed by atoms with Crippen LogP contribution in [0.5, 0.6) is 0 Å². The van der Waals surface area contributed by atoms with E-state index >= 15 is 0 Å². The molecule has 0 saturated heterocycles. The molecule has 1 aromatic carbocycles. The minimum absolute atomic E-state index is 0.160. The highest BCUT2D eigenvalue weighted by atomic mass is 16.4. The highest BCUT2D eigenvalue weighted by Crippen LogP contribution is 2.06. The zero-order chi connectivity index (χ0) is 12.1. The van der Waals surface area contributed by atoms with Gasteiger partial charge in [0, 0.05) is 18.4 Å². The molecule has 1 aromatic rings. The van der Waals surface area contributed by atoms with E-state index in [2.05, 4.69) is 0 Å². The van der Waals surface area contributed by atoms with Gasteiger partial charge in [-0.1, -0.05) is 24.3 Å². The van der Waals surface area contributed by atoms with E-state index < -0.39 is 18.0 Å². The summed E-state index contributed by atoms with van der Waals surface area (Å²) in [5, 5.41) is 20.7. The van der Waals surface area contributed by atoms with Crippen LogP contribution in [0.4, 0.5) is 0 Å². The van der Waals surface area contributed by atoms with Gasteiger partial charge in [-0.3, -0.25) is 0 Å². The molecule has 2 N–H and O–H groups in total. The number of hydrogen-bond donors (Lipinski definition) is 1. The van der Waals surface area contributed by atoms with Gasteiger partial charge in [0.05, 0.1) is 5.97 Å². The van der Waals surface area contributed by atoms with Gasteiger partial charge in [0.1, 0.15) is 0 Å². The SMILES string of the molecule is N[C@@H](Cc1ccc(CC(=O)[O-])cc1)C(=O)[O-]. The van der Waals surface area contributed by atoms with Crippen molar-refractivity contribution in [3.05, 3.63) is 35.4 Å². The van der Waals surface area contributed by atoms with Crippen molar-refractivity contribution in [2.24, 2.45) is 5.73 Å². The fourth-order valence-corrected chi connectivity index (χ4v) is 1.30. The zero-order valence-corrected chi connectivity index (χ0v) is 8.51. The molecule has 0 heterocycles. The average molecular weight is 221 g/mol. The van der Waals surface area contributed by atoms with Gasteiger partial charge in [0.15, 0.2) is 0 Å². The summed E-state index contributed by atoms with van der Waals surface area (Å²) >= 11 is 0. The Morgan fingerprint density at radius 2 is 1.62 bits per heavy atom. The number of carbonyl (C=O) groups is 2. The largest absolute Gasteiger partial charge is 0.550 e. The molecule has 0 fully saturated rings. The molecule has 0 aromatic heterocycles. The number of carbonyl (C=O) groups excluding carboxylic acids is 2. The fraction of sp³-hybridized carbons (Fsp3) is 0.273. The number of aliphatic carboxylic acids is 2. The predicted molar refractivity (Wildman–Crippen MR) is 51.8 cm³/mol. The third-order valence-electron chi connectivity index (χ3n) is 2.13. The zero-order valence-electron chi connectivity index (χ0n) is 8.51. The first-order valence-corrected chi connectivity index (χ1v) is 4.73. The third kappa shape index (κ3) is 3.70. The van der Waals surface area contributed by atoms with Crippen LogP contribution >= 0.6 is 0 Å². The monoisotopic (exact) mass is 221 g/mol. The molecule has 0 radical (unpaired) electrons. The first kappa shape index (κ1) is 12.2. The summed E-state index contributed by atoms with van der Waals surface area (Å²) in [4.78, 5) is 20.7. The second-order valence-corrected chi connectivity index (χ2v) is 3.49. The molecule has 0 saturated carbocycles. The number of carboxylic acids is 2. The lowest BCUT2D eigenvalue weighted by Gasteiger charge is -2.12. The van der Waals surface area contributed by atoms with Gasteiger partial charge in [-0.2, -0.15) is 0 Å². The second kappa shape index (κ2) is 5.27. The van der Waals surface area contributed by atoms with E-state index in [1.165, 1.54) is 0 Å². The van der Waals surface area contributed by atoms with Crippen LogP contribution in [0, 0.1) is 0 Å². The number of carboxylic acid groups (broad SMARTS) is 2. The van der Waals surface area contributed by atoms with Crippen molar-refractivity contribution in [2.45, 2.75) is 18.9 Å². The van der Waals surface area contributed by atoms with Crippen LogP contribution in [0.2, 0.25) is 0 Å². The van der Waals surface area contributed by atoms with E-state index in [1.54, 1.807) is 24.3 Å². The summed E-state index contributed by atoms with van der Waals surface area (Å²) in [5.74, 6) is -2.46. The molecule has 0 unspecified atom stereocenters. The molecule has 1 rings (SSSR count). The van der Waals surface area contributed by atoms with Gasteiger partial charge in [0.2, 0.25) is 0 Å². The maximum atomic E-state index is 10.4. The third-order valence-corrected chi connectivity index (χ3v) is 2.13. The summed E-state index contributed by atoms with van der Waals surface area (Å²) in [5.41, 5.74) is 6.62. The Balaban J connectivity index is 2.64. The van der Waals surface area contributed by atoms with E-state index in [4.69, 9.17) is 5.73 Å². The van der Waals surface area contributed by atoms with Gasteiger partial charge >= 0.3 is 0 Å². The van der Waals surface area contributed by atoms with Gasteiger partial charge in [-0.15, -0.1) is 0 Å². The maximum absolute atomic E-state index is 10.4. The van der Waals surface area contributed by atoms with E-state index in [1.807, 2.05) is 0 Å². The molecule has 0 spiro atoms. The van der Waals surface area contributed by atoms with Crippen LogP contribution in [-0.4, -0.2) is 18.0 Å². The molecule has 1 atom stereocenters. The van der Waals surface area contributed by atoms with Gasteiger partial charge in [-0.05, 0) is 17.5 Å². The lowest BCUT2D eigenvalue weighted by atomic mass is 10.0. The molecule has 0 amide bonds. The highest BCUT2D eigenvalue weighted by molar-refractivity contribution is 5.71. The van der Waals surface area contributed by atoms with Crippen LogP contribution < -0.4 is 15.9 Å². The lowest BCUT2D eigenvalue weighted by Crippen LogP contribution is -2.43. The Morgan fingerprint density at radius 1 is 1.12 bits per heavy atom. The van der Waals surface area contributed by atoms with Gasteiger partial charge in [0.25, 0.3) is 0 Å². The molecule has 16 heavy (non-hydrogen) atoms. The highest BCUT2D eigenvalue weighted by Gasteiger charge is 2.04. The predicted octanol–water partition coefficient (Wildman–Crippen LogP) is -2.40. The van der Waals surface area contributed by atoms with Crippen molar-refractivity contribution >= 4 is 11.9 Å². The normalized spacial score (nSPS) is 12.1. The molecule has 86 valence electrons. The average Bonchev–Trinajstić information content (AvgIpc) is 2.20. The number of hydrogen-bond acceptors (Lipinski definition) is 5. The van der Waals surface area contributed by atoms with Crippen LogP contribution in [0.25, 0.3) is 0 Å². The van der Waals surface area contributed by atoms with Crippen molar-refractivity contribution < 1.29 is 19.8 Å². The Labute approximate surface area is 92.5 Å². The molecule has 0 bridgehead atoms. The molecule has 5 heteroatoms. The van der Waals surface area contributed by atoms with Crippen LogP contribution in [0.3, 0.4) is 0 Å². The van der Waals surface area contributed by atoms with Crippen LogP contribution in [-0.2, 0) is 22.4 Å². The number of benzene rings is 1. The molecule has 0 aliphatic carbocycles. The maximum Gasteiger partial charge on any atom is 0.0585 e. The smallest absolute Gasteiger partial charge is 0.0585 e. The lowest BCUT2D eigenvalue weighted by molar-refractivity contribution is -0.307. The van der Waals surface area contributed by atoms with E-state index in [9.17, 15) is 19.8 Å². The van der Waals surface area contributed by atoms with Crippen molar-refractivity contribution in [3.63, 3.8) is 0 Å². The van der Waals surface area contributed by atoms with E-state index in [0.717, 1.165) is 5.56 Å². The van der Waals surface area contributed by atoms with Crippen LogP contribution in [0.15, 0.2) is 24.3 Å². The first-order valence-electron chi connectivity index (χ1n) is 4.73. The Hall–Kier alpha value is -1.88. The molecule has 0 aliphatic rings. The van der Waals surface area contributed by atoms with E-state index in [-0.39, 0.29) is 12.8 Å². The fourth-order valence-electron chi connectivity index (χ4n) is 1.30. The molecular formula is C11H11NO4-2. The quantitative estimate of drug-likeness (QED) is 0.596. The molecule has 5 nitrogen and oxygen atoms in total. The van der Waals surface area contributed by atoms with Gasteiger partial charge < -0.3 is 25.5 Å². The van der Waals surface area contributed by atoms with Crippen molar-refractivity contribution in [2.75, 3.05) is 0 Å².